The number of carbonyl (C=O) groups is 2. The van der Waals surface area contributed by atoms with Crippen molar-refractivity contribution in [1.82, 2.24) is 10.2 Å². The number of hydrogen-bond donors (Lipinski definition) is 1. The molecule has 0 aromatic heterocycles. The zero-order chi connectivity index (χ0) is 22.8. The summed E-state index contributed by atoms with van der Waals surface area (Å²) in [5.41, 5.74) is 1.87. The number of nitrogens with zero attached hydrogens (tertiary/aromatic N) is 1. The maximum atomic E-state index is 13.1. The number of amides is 2. The van der Waals surface area contributed by atoms with Gasteiger partial charge in [0, 0.05) is 18.3 Å². The van der Waals surface area contributed by atoms with Gasteiger partial charge in [-0.1, -0.05) is 31.2 Å². The van der Waals surface area contributed by atoms with Crippen LogP contribution in [0.3, 0.4) is 0 Å². The fraction of sp³-hybridized carbons (Fsp3) is 0.417. The van der Waals surface area contributed by atoms with Crippen LogP contribution in [-0.4, -0.2) is 41.7 Å². The zero-order valence-corrected chi connectivity index (χ0v) is 19.4. The molecule has 0 fully saturated rings. The Morgan fingerprint density at radius 3 is 2.26 bits per heavy atom. The van der Waals surface area contributed by atoms with E-state index in [0.717, 1.165) is 23.3 Å². The molecule has 1 N–H and O–H groups in total. The molecule has 0 aliphatic heterocycles. The lowest BCUT2D eigenvalue weighted by atomic mass is 10.1. The molecule has 31 heavy (non-hydrogen) atoms. The molecule has 2 atom stereocenters. The number of hydrogen-bond acceptors (Lipinski definition) is 4. The first-order valence-corrected chi connectivity index (χ1v) is 11.5. The van der Waals surface area contributed by atoms with Crippen molar-refractivity contribution in [2.75, 3.05) is 12.9 Å². The van der Waals surface area contributed by atoms with Gasteiger partial charge in [0.25, 0.3) is 0 Å². The van der Waals surface area contributed by atoms with Gasteiger partial charge in [-0.3, -0.25) is 9.59 Å². The summed E-state index contributed by atoms with van der Waals surface area (Å²) in [6.07, 6.45) is 0.818. The van der Waals surface area contributed by atoms with Gasteiger partial charge in [-0.05, 0) is 55.7 Å². The predicted octanol–water partition coefficient (Wildman–Crippen LogP) is 4.40. The lowest BCUT2D eigenvalue weighted by Gasteiger charge is -2.29. The Hall–Kier alpha value is -2.54. The first kappa shape index (κ1) is 24.7. The minimum atomic E-state index is -0.602. The van der Waals surface area contributed by atoms with Gasteiger partial charge in [0.05, 0.1) is 12.9 Å². The van der Waals surface area contributed by atoms with Crippen LogP contribution in [0.2, 0.25) is 0 Å². The van der Waals surface area contributed by atoms with Crippen molar-refractivity contribution in [3.8, 4) is 5.75 Å². The molecule has 0 radical (unpaired) electrons. The van der Waals surface area contributed by atoms with E-state index in [4.69, 9.17) is 4.74 Å². The van der Waals surface area contributed by atoms with Crippen molar-refractivity contribution in [2.45, 2.75) is 51.6 Å². The normalized spacial score (nSPS) is 12.7. The average molecular weight is 447 g/mol. The molecule has 7 heteroatoms. The van der Waals surface area contributed by atoms with E-state index in [1.54, 1.807) is 31.1 Å². The fourth-order valence-electron chi connectivity index (χ4n) is 2.90. The summed E-state index contributed by atoms with van der Waals surface area (Å²) >= 11 is 1.45. The number of carbonyl (C=O) groups excluding carboxylic acids is 2. The molecule has 0 aliphatic carbocycles. The summed E-state index contributed by atoms with van der Waals surface area (Å²) in [5.74, 6) is 0.995. The number of ether oxygens (including phenoxy) is 1. The standard InChI is InChI=1S/C24H31FN2O3S/c1-5-17(2)26-24(29)18(3)27(14-19-8-12-22(30-4)13-9-19)23(28)16-31-15-20-6-10-21(25)11-7-20/h6-13,17-18H,5,14-16H2,1-4H3,(H,26,29)/t17-,18+/m0/s1. The lowest BCUT2D eigenvalue weighted by Crippen LogP contribution is -2.50. The van der Waals surface area contributed by atoms with Crippen LogP contribution >= 0.6 is 11.8 Å². The smallest absolute Gasteiger partial charge is 0.242 e. The highest BCUT2D eigenvalue weighted by atomic mass is 32.2. The summed E-state index contributed by atoms with van der Waals surface area (Å²) in [6, 6.07) is 13.2. The van der Waals surface area contributed by atoms with Gasteiger partial charge in [-0.15, -0.1) is 11.8 Å². The Morgan fingerprint density at radius 2 is 1.68 bits per heavy atom. The van der Waals surface area contributed by atoms with Crippen molar-refractivity contribution in [3.05, 3.63) is 65.5 Å². The van der Waals surface area contributed by atoms with Crippen molar-refractivity contribution < 1.29 is 18.7 Å². The zero-order valence-electron chi connectivity index (χ0n) is 18.6. The van der Waals surface area contributed by atoms with E-state index in [0.29, 0.717) is 12.3 Å². The van der Waals surface area contributed by atoms with Gasteiger partial charge in [0.15, 0.2) is 0 Å². The fourth-order valence-corrected chi connectivity index (χ4v) is 3.77. The molecule has 168 valence electrons. The third-order valence-corrected chi connectivity index (χ3v) is 6.08. The van der Waals surface area contributed by atoms with Crippen LogP contribution in [0.5, 0.6) is 5.75 Å². The number of thioether (sulfide) groups is 1. The number of benzene rings is 2. The number of nitrogens with one attached hydrogen (secondary N) is 1. The number of methoxy groups -OCH3 is 1. The van der Waals surface area contributed by atoms with Crippen LogP contribution in [0, 0.1) is 5.82 Å². The molecule has 0 saturated carbocycles. The quantitative estimate of drug-likeness (QED) is 0.556. The first-order chi connectivity index (χ1) is 14.8. The molecule has 0 spiro atoms. The van der Waals surface area contributed by atoms with Gasteiger partial charge >= 0.3 is 0 Å². The average Bonchev–Trinajstić information content (AvgIpc) is 2.78. The Labute approximate surface area is 188 Å². The Balaban J connectivity index is 2.07. The highest BCUT2D eigenvalue weighted by Gasteiger charge is 2.26. The Kier molecular flexibility index (Phi) is 9.85. The van der Waals surface area contributed by atoms with Gasteiger partial charge in [-0.25, -0.2) is 4.39 Å². The summed E-state index contributed by atoms with van der Waals surface area (Å²) in [7, 11) is 1.60. The molecule has 0 heterocycles. The molecule has 0 aliphatic rings. The van der Waals surface area contributed by atoms with E-state index in [1.165, 1.54) is 23.9 Å². The largest absolute Gasteiger partial charge is 0.497 e. The SMILES string of the molecule is CC[C@H](C)NC(=O)[C@@H](C)N(Cc1ccc(OC)cc1)C(=O)CSCc1ccc(F)cc1. The Bertz CT molecular complexity index is 843. The highest BCUT2D eigenvalue weighted by molar-refractivity contribution is 7.99. The number of halogens is 1. The molecule has 0 saturated heterocycles. The second-order valence-corrected chi connectivity index (χ2v) is 8.47. The molecule has 0 unspecified atom stereocenters. The number of rotatable bonds is 11. The van der Waals surface area contributed by atoms with Crippen LogP contribution in [0.15, 0.2) is 48.5 Å². The molecule has 0 bridgehead atoms. The van der Waals surface area contributed by atoms with E-state index in [9.17, 15) is 14.0 Å². The minimum absolute atomic E-state index is 0.0424. The monoisotopic (exact) mass is 446 g/mol. The molecule has 2 aromatic rings. The third-order valence-electron chi connectivity index (χ3n) is 5.09. The van der Waals surface area contributed by atoms with Crippen molar-refractivity contribution in [1.29, 1.82) is 0 Å². The summed E-state index contributed by atoms with van der Waals surface area (Å²) in [6.45, 7) is 6.03. The Morgan fingerprint density at radius 1 is 1.06 bits per heavy atom. The van der Waals surface area contributed by atoms with Crippen LogP contribution in [0.25, 0.3) is 0 Å². The van der Waals surface area contributed by atoms with Gasteiger partial charge in [0.2, 0.25) is 11.8 Å². The predicted molar refractivity (Wildman–Crippen MR) is 123 cm³/mol. The van der Waals surface area contributed by atoms with Gasteiger partial charge in [0.1, 0.15) is 17.6 Å². The van der Waals surface area contributed by atoms with E-state index in [2.05, 4.69) is 5.32 Å². The maximum absolute atomic E-state index is 13.1. The second-order valence-electron chi connectivity index (χ2n) is 7.48. The van der Waals surface area contributed by atoms with Crippen molar-refractivity contribution in [3.63, 3.8) is 0 Å². The second kappa shape index (κ2) is 12.3. The summed E-state index contributed by atoms with van der Waals surface area (Å²) < 4.78 is 18.3. The summed E-state index contributed by atoms with van der Waals surface area (Å²) in [5, 5.41) is 2.96. The van der Waals surface area contributed by atoms with E-state index in [1.807, 2.05) is 38.1 Å². The van der Waals surface area contributed by atoms with Crippen molar-refractivity contribution in [2.24, 2.45) is 0 Å². The maximum Gasteiger partial charge on any atom is 0.242 e. The van der Waals surface area contributed by atoms with Crippen LogP contribution in [0.1, 0.15) is 38.3 Å². The van der Waals surface area contributed by atoms with E-state index in [-0.39, 0.29) is 29.4 Å². The molecule has 2 aromatic carbocycles. The molecule has 2 amide bonds. The topological polar surface area (TPSA) is 58.6 Å². The van der Waals surface area contributed by atoms with E-state index >= 15 is 0 Å². The molecular formula is C24H31FN2O3S. The highest BCUT2D eigenvalue weighted by Crippen LogP contribution is 2.18. The van der Waals surface area contributed by atoms with Crippen LogP contribution in [0.4, 0.5) is 4.39 Å². The van der Waals surface area contributed by atoms with Crippen molar-refractivity contribution >= 4 is 23.6 Å². The first-order valence-electron chi connectivity index (χ1n) is 10.4. The third kappa shape index (κ3) is 7.90. The van der Waals surface area contributed by atoms with Crippen LogP contribution in [-0.2, 0) is 21.9 Å². The molecule has 2 rings (SSSR count). The van der Waals surface area contributed by atoms with Gasteiger partial charge in [-0.2, -0.15) is 0 Å². The van der Waals surface area contributed by atoms with Gasteiger partial charge < -0.3 is 15.0 Å². The van der Waals surface area contributed by atoms with Crippen LogP contribution < -0.4 is 10.1 Å². The van der Waals surface area contributed by atoms with E-state index < -0.39 is 6.04 Å². The molecule has 5 nitrogen and oxygen atoms in total. The minimum Gasteiger partial charge on any atom is -0.497 e. The lowest BCUT2D eigenvalue weighted by molar-refractivity contribution is -0.138. The molecular weight excluding hydrogens is 415 g/mol. The summed E-state index contributed by atoms with van der Waals surface area (Å²) in [4.78, 5) is 27.4.